The van der Waals surface area contributed by atoms with E-state index in [4.69, 9.17) is 0 Å². The largest absolute Gasteiger partial charge is 0.391 e. The van der Waals surface area contributed by atoms with Gasteiger partial charge in [-0.15, -0.1) is 11.3 Å². The fraction of sp³-hybridized carbons (Fsp3) is 0.231. The molecule has 78 valence electrons. The van der Waals surface area contributed by atoms with Gasteiger partial charge in [0.2, 0.25) is 0 Å². The van der Waals surface area contributed by atoms with E-state index >= 15 is 0 Å². The van der Waals surface area contributed by atoms with Gasteiger partial charge in [-0.1, -0.05) is 24.8 Å². The van der Waals surface area contributed by atoms with Crippen LogP contribution in [0.2, 0.25) is 0 Å². The molecule has 1 nitrogen and oxygen atoms in total. The first-order valence-corrected chi connectivity index (χ1v) is 6.03. The molecule has 1 aromatic heterocycles. The van der Waals surface area contributed by atoms with Crippen LogP contribution in [0.15, 0.2) is 43.1 Å². The Morgan fingerprint density at radius 2 is 2.20 bits per heavy atom. The molecule has 0 aliphatic heterocycles. The summed E-state index contributed by atoms with van der Waals surface area (Å²) in [4.78, 5) is 1.47. The van der Waals surface area contributed by atoms with E-state index in [0.717, 1.165) is 13.0 Å². The van der Waals surface area contributed by atoms with Crippen molar-refractivity contribution in [1.29, 1.82) is 0 Å². The third-order valence-electron chi connectivity index (χ3n) is 2.37. The number of nitrogens with one attached hydrogen (secondary N) is 1. The lowest BCUT2D eigenvalue weighted by Gasteiger charge is -1.97. The fourth-order valence-corrected chi connectivity index (χ4v) is 2.73. The van der Waals surface area contributed by atoms with Gasteiger partial charge in [0.25, 0.3) is 0 Å². The lowest BCUT2D eigenvalue weighted by molar-refractivity contribution is 0.759. The molecule has 0 amide bonds. The fourth-order valence-electron chi connectivity index (χ4n) is 1.63. The van der Waals surface area contributed by atoms with Crippen molar-refractivity contribution in [3.63, 3.8) is 0 Å². The summed E-state index contributed by atoms with van der Waals surface area (Å²) in [6.07, 6.45) is 4.07. The van der Waals surface area contributed by atoms with Crippen molar-refractivity contribution >= 4 is 21.4 Å². The van der Waals surface area contributed by atoms with Gasteiger partial charge in [-0.3, -0.25) is 0 Å². The summed E-state index contributed by atoms with van der Waals surface area (Å²) >= 11 is 1.90. The number of benzene rings is 1. The van der Waals surface area contributed by atoms with Crippen LogP contribution in [0.1, 0.15) is 11.3 Å². The lowest BCUT2D eigenvalue weighted by Crippen LogP contribution is -2.06. The Labute approximate surface area is 94.4 Å². The highest BCUT2D eigenvalue weighted by atomic mass is 32.1. The summed E-state index contributed by atoms with van der Waals surface area (Å²) < 4.78 is 1.39. The van der Waals surface area contributed by atoms with Gasteiger partial charge >= 0.3 is 0 Å². The van der Waals surface area contributed by atoms with Gasteiger partial charge in [-0.05, 0) is 36.6 Å². The number of hydrogen-bond donors (Lipinski definition) is 1. The van der Waals surface area contributed by atoms with Crippen LogP contribution in [0.4, 0.5) is 0 Å². The van der Waals surface area contributed by atoms with Crippen molar-refractivity contribution in [2.75, 3.05) is 6.54 Å². The summed E-state index contributed by atoms with van der Waals surface area (Å²) in [7, 11) is 0. The molecule has 0 saturated carbocycles. The van der Waals surface area contributed by atoms with Crippen molar-refractivity contribution < 1.29 is 0 Å². The van der Waals surface area contributed by atoms with Gasteiger partial charge in [0, 0.05) is 16.1 Å². The first-order valence-electron chi connectivity index (χ1n) is 5.22. The van der Waals surface area contributed by atoms with Crippen molar-refractivity contribution in [3.05, 3.63) is 48.0 Å². The minimum Gasteiger partial charge on any atom is -0.391 e. The predicted molar refractivity (Wildman–Crippen MR) is 68.3 cm³/mol. The molecule has 0 aliphatic carbocycles. The van der Waals surface area contributed by atoms with E-state index < -0.39 is 0 Å². The standard InChI is InChI=1S/C13H15NS/c1-2-14-9-5-7-12-10-11-6-3-4-8-13(11)15-12/h2-4,6,8,10,14H,1,5,7,9H2. The van der Waals surface area contributed by atoms with Gasteiger partial charge in [0.15, 0.2) is 0 Å². The third-order valence-corrected chi connectivity index (χ3v) is 3.54. The second-order valence-corrected chi connectivity index (χ2v) is 4.68. The van der Waals surface area contributed by atoms with Crippen LogP contribution < -0.4 is 5.32 Å². The summed E-state index contributed by atoms with van der Waals surface area (Å²) in [6, 6.07) is 10.9. The van der Waals surface area contributed by atoms with Gasteiger partial charge in [-0.2, -0.15) is 0 Å². The van der Waals surface area contributed by atoms with E-state index in [2.05, 4.69) is 42.2 Å². The maximum absolute atomic E-state index is 3.63. The van der Waals surface area contributed by atoms with Crippen LogP contribution in [-0.2, 0) is 6.42 Å². The highest BCUT2D eigenvalue weighted by Crippen LogP contribution is 2.25. The van der Waals surface area contributed by atoms with Crippen LogP contribution in [0.25, 0.3) is 10.1 Å². The maximum Gasteiger partial charge on any atom is 0.0345 e. The van der Waals surface area contributed by atoms with E-state index in [1.807, 2.05) is 11.3 Å². The topological polar surface area (TPSA) is 12.0 Å². The van der Waals surface area contributed by atoms with E-state index in [9.17, 15) is 0 Å². The van der Waals surface area contributed by atoms with Gasteiger partial charge in [-0.25, -0.2) is 0 Å². The zero-order valence-corrected chi connectivity index (χ0v) is 9.52. The van der Waals surface area contributed by atoms with Crippen LogP contribution >= 0.6 is 11.3 Å². The molecule has 0 saturated heterocycles. The zero-order chi connectivity index (χ0) is 10.5. The number of fused-ring (bicyclic) bond motifs is 1. The van der Waals surface area contributed by atoms with Crippen LogP contribution in [-0.4, -0.2) is 6.54 Å². The molecule has 0 radical (unpaired) electrons. The molecule has 2 heteroatoms. The summed E-state index contributed by atoms with van der Waals surface area (Å²) in [5.74, 6) is 0. The number of rotatable bonds is 5. The van der Waals surface area contributed by atoms with Gasteiger partial charge < -0.3 is 5.32 Å². The van der Waals surface area contributed by atoms with Crippen LogP contribution in [0.5, 0.6) is 0 Å². The Bertz CT molecular complexity index is 411. The molecular weight excluding hydrogens is 202 g/mol. The van der Waals surface area contributed by atoms with Crippen molar-refractivity contribution in [2.24, 2.45) is 0 Å². The molecule has 1 heterocycles. The van der Waals surface area contributed by atoms with E-state index in [1.165, 1.54) is 21.4 Å². The average Bonchev–Trinajstić information content (AvgIpc) is 2.67. The van der Waals surface area contributed by atoms with E-state index in [0.29, 0.717) is 0 Å². The minimum absolute atomic E-state index is 1.01. The molecule has 0 bridgehead atoms. The Balaban J connectivity index is 1.99. The molecule has 0 fully saturated rings. The highest BCUT2D eigenvalue weighted by molar-refractivity contribution is 7.19. The quantitative estimate of drug-likeness (QED) is 0.755. The Morgan fingerprint density at radius 3 is 3.00 bits per heavy atom. The molecule has 2 rings (SSSR count). The molecule has 0 spiro atoms. The molecule has 1 aromatic carbocycles. The van der Waals surface area contributed by atoms with Crippen LogP contribution in [0, 0.1) is 0 Å². The van der Waals surface area contributed by atoms with Gasteiger partial charge in [0.1, 0.15) is 0 Å². The molecule has 0 aliphatic rings. The molecule has 15 heavy (non-hydrogen) atoms. The molecule has 0 atom stereocenters. The second-order valence-electron chi connectivity index (χ2n) is 3.51. The number of thiophene rings is 1. The summed E-state index contributed by atoms with van der Waals surface area (Å²) in [5.41, 5.74) is 0. The summed E-state index contributed by atoms with van der Waals surface area (Å²) in [5, 5.41) is 4.49. The monoisotopic (exact) mass is 217 g/mol. The molecule has 0 unspecified atom stereocenters. The maximum atomic E-state index is 3.63. The first-order chi connectivity index (χ1) is 7.40. The smallest absolute Gasteiger partial charge is 0.0345 e. The molecule has 2 aromatic rings. The van der Waals surface area contributed by atoms with Gasteiger partial charge in [0.05, 0.1) is 0 Å². The number of hydrogen-bond acceptors (Lipinski definition) is 2. The van der Waals surface area contributed by atoms with Crippen LogP contribution in [0.3, 0.4) is 0 Å². The van der Waals surface area contributed by atoms with E-state index in [-0.39, 0.29) is 0 Å². The van der Waals surface area contributed by atoms with Crippen molar-refractivity contribution in [3.8, 4) is 0 Å². The second kappa shape index (κ2) is 4.99. The number of aryl methyl sites for hydroxylation is 1. The average molecular weight is 217 g/mol. The molecular formula is C13H15NS. The first kappa shape index (κ1) is 10.2. The Hall–Kier alpha value is -1.28. The Morgan fingerprint density at radius 1 is 1.33 bits per heavy atom. The highest BCUT2D eigenvalue weighted by Gasteiger charge is 1.99. The van der Waals surface area contributed by atoms with E-state index in [1.54, 1.807) is 6.20 Å². The minimum atomic E-state index is 1.01. The Kier molecular flexibility index (Phi) is 3.41. The normalized spacial score (nSPS) is 10.4. The van der Waals surface area contributed by atoms with Crippen molar-refractivity contribution in [2.45, 2.75) is 12.8 Å². The lowest BCUT2D eigenvalue weighted by atomic mass is 10.2. The third kappa shape index (κ3) is 2.60. The SMILES string of the molecule is C=CNCCCc1cc2ccccc2s1. The zero-order valence-electron chi connectivity index (χ0n) is 8.70. The predicted octanol–water partition coefficient (Wildman–Crippen LogP) is 3.57. The van der Waals surface area contributed by atoms with Crippen molar-refractivity contribution in [1.82, 2.24) is 5.32 Å². The summed E-state index contributed by atoms with van der Waals surface area (Å²) in [6.45, 7) is 4.64. The molecule has 1 N–H and O–H groups in total.